The van der Waals surface area contributed by atoms with Crippen LogP contribution >= 0.6 is 0 Å². The van der Waals surface area contributed by atoms with E-state index in [0.717, 1.165) is 10.8 Å². The van der Waals surface area contributed by atoms with Crippen LogP contribution in [-0.2, 0) is 0 Å². The third-order valence-electron chi connectivity index (χ3n) is 4.72. The van der Waals surface area contributed by atoms with Crippen molar-refractivity contribution >= 4 is 0 Å². The first-order valence-corrected chi connectivity index (χ1v) is 5.22. The minimum absolute atomic E-state index is 0.764. The van der Waals surface area contributed by atoms with Crippen LogP contribution in [0.4, 0.5) is 0 Å². The fourth-order valence-electron chi connectivity index (χ4n) is 3.22. The molecule has 0 radical (unpaired) electrons. The SMILES string of the molecule is CCC1(C2(C)CCC2)CCC1. The van der Waals surface area contributed by atoms with E-state index in [2.05, 4.69) is 13.8 Å². The Labute approximate surface area is 70.4 Å². The van der Waals surface area contributed by atoms with E-state index < -0.39 is 0 Å². The summed E-state index contributed by atoms with van der Waals surface area (Å²) in [5, 5.41) is 0. The first-order chi connectivity index (χ1) is 5.22. The van der Waals surface area contributed by atoms with Crippen molar-refractivity contribution in [3.05, 3.63) is 0 Å². The Balaban J connectivity index is 2.10. The molecule has 0 heterocycles. The van der Waals surface area contributed by atoms with Gasteiger partial charge in [0.1, 0.15) is 0 Å². The van der Waals surface area contributed by atoms with E-state index in [1.807, 2.05) is 0 Å². The van der Waals surface area contributed by atoms with Crippen molar-refractivity contribution in [1.29, 1.82) is 0 Å². The Kier molecular flexibility index (Phi) is 1.56. The number of hydrogen-bond acceptors (Lipinski definition) is 0. The molecule has 64 valence electrons. The van der Waals surface area contributed by atoms with Crippen molar-refractivity contribution in [2.75, 3.05) is 0 Å². The zero-order valence-electron chi connectivity index (χ0n) is 7.95. The summed E-state index contributed by atoms with van der Waals surface area (Å²) in [6.07, 6.45) is 10.5. The lowest BCUT2D eigenvalue weighted by molar-refractivity contribution is -0.0858. The molecule has 2 saturated carbocycles. The first-order valence-electron chi connectivity index (χ1n) is 5.22. The van der Waals surface area contributed by atoms with E-state index in [1.54, 1.807) is 0 Å². The lowest BCUT2D eigenvalue weighted by atomic mass is 9.46. The molecule has 0 amide bonds. The normalized spacial score (nSPS) is 32.2. The second kappa shape index (κ2) is 2.24. The molecule has 2 fully saturated rings. The van der Waals surface area contributed by atoms with Crippen LogP contribution in [0.5, 0.6) is 0 Å². The van der Waals surface area contributed by atoms with Gasteiger partial charge in [0, 0.05) is 0 Å². The standard InChI is InChI=1S/C11H20/c1-3-11(8-5-9-11)10(2)6-4-7-10/h3-9H2,1-2H3. The Hall–Kier alpha value is 0. The Morgan fingerprint density at radius 1 is 1.00 bits per heavy atom. The highest BCUT2D eigenvalue weighted by Crippen LogP contribution is 2.64. The predicted octanol–water partition coefficient (Wildman–Crippen LogP) is 3.76. The van der Waals surface area contributed by atoms with Crippen molar-refractivity contribution < 1.29 is 0 Å². The van der Waals surface area contributed by atoms with Crippen LogP contribution in [0.15, 0.2) is 0 Å². The maximum Gasteiger partial charge on any atom is -0.0246 e. The summed E-state index contributed by atoms with van der Waals surface area (Å²) < 4.78 is 0. The summed E-state index contributed by atoms with van der Waals surface area (Å²) in [5.41, 5.74) is 1.56. The smallest absolute Gasteiger partial charge is 0.0246 e. The van der Waals surface area contributed by atoms with Crippen LogP contribution in [0.2, 0.25) is 0 Å². The summed E-state index contributed by atoms with van der Waals surface area (Å²) >= 11 is 0. The molecule has 0 aromatic carbocycles. The zero-order chi connectivity index (χ0) is 7.95. The second-order valence-electron chi connectivity index (χ2n) is 4.90. The summed E-state index contributed by atoms with van der Waals surface area (Å²) in [6, 6.07) is 0. The Morgan fingerprint density at radius 2 is 1.55 bits per heavy atom. The van der Waals surface area contributed by atoms with Crippen LogP contribution < -0.4 is 0 Å². The molecule has 11 heavy (non-hydrogen) atoms. The largest absolute Gasteiger partial charge is 0.0648 e. The molecule has 2 rings (SSSR count). The van der Waals surface area contributed by atoms with E-state index in [1.165, 1.54) is 44.9 Å². The molecule has 0 spiro atoms. The molecule has 0 heteroatoms. The minimum atomic E-state index is 0.764. The highest BCUT2D eigenvalue weighted by molar-refractivity contribution is 5.03. The van der Waals surface area contributed by atoms with Crippen molar-refractivity contribution in [2.45, 2.75) is 58.8 Å². The van der Waals surface area contributed by atoms with E-state index in [4.69, 9.17) is 0 Å². The van der Waals surface area contributed by atoms with Gasteiger partial charge in [-0.25, -0.2) is 0 Å². The minimum Gasteiger partial charge on any atom is -0.0648 e. The van der Waals surface area contributed by atoms with Gasteiger partial charge in [-0.05, 0) is 42.9 Å². The average molecular weight is 152 g/mol. The Morgan fingerprint density at radius 3 is 1.64 bits per heavy atom. The molecule has 0 bridgehead atoms. The Bertz CT molecular complexity index is 144. The molecule has 0 unspecified atom stereocenters. The van der Waals surface area contributed by atoms with Gasteiger partial charge in [-0.2, -0.15) is 0 Å². The quantitative estimate of drug-likeness (QED) is 0.565. The zero-order valence-corrected chi connectivity index (χ0v) is 7.95. The van der Waals surface area contributed by atoms with E-state index in [0.29, 0.717) is 0 Å². The lowest BCUT2D eigenvalue weighted by Crippen LogP contribution is -2.48. The molecule has 0 saturated heterocycles. The van der Waals surface area contributed by atoms with Gasteiger partial charge < -0.3 is 0 Å². The molecule has 0 aromatic heterocycles. The van der Waals surface area contributed by atoms with Gasteiger partial charge >= 0.3 is 0 Å². The van der Waals surface area contributed by atoms with Gasteiger partial charge in [-0.15, -0.1) is 0 Å². The third kappa shape index (κ3) is 0.816. The van der Waals surface area contributed by atoms with E-state index >= 15 is 0 Å². The fraction of sp³-hybridized carbons (Fsp3) is 1.00. The molecule has 2 aliphatic rings. The molecule has 0 aliphatic heterocycles. The predicted molar refractivity (Wildman–Crippen MR) is 48.5 cm³/mol. The van der Waals surface area contributed by atoms with Gasteiger partial charge in [0.05, 0.1) is 0 Å². The van der Waals surface area contributed by atoms with Crippen molar-refractivity contribution in [1.82, 2.24) is 0 Å². The molecule has 0 aromatic rings. The topological polar surface area (TPSA) is 0 Å². The summed E-state index contributed by atoms with van der Waals surface area (Å²) in [5.74, 6) is 0. The monoisotopic (exact) mass is 152 g/mol. The van der Waals surface area contributed by atoms with Gasteiger partial charge in [0.25, 0.3) is 0 Å². The average Bonchev–Trinajstić information content (AvgIpc) is 1.83. The second-order valence-corrected chi connectivity index (χ2v) is 4.90. The van der Waals surface area contributed by atoms with Crippen LogP contribution in [0, 0.1) is 10.8 Å². The number of rotatable bonds is 2. The number of hydrogen-bond donors (Lipinski definition) is 0. The van der Waals surface area contributed by atoms with Crippen molar-refractivity contribution in [2.24, 2.45) is 10.8 Å². The summed E-state index contributed by atoms with van der Waals surface area (Å²) in [4.78, 5) is 0. The highest BCUT2D eigenvalue weighted by atomic mass is 14.6. The summed E-state index contributed by atoms with van der Waals surface area (Å²) in [6.45, 7) is 4.92. The molecule has 0 nitrogen and oxygen atoms in total. The van der Waals surface area contributed by atoms with Gasteiger partial charge in [-0.3, -0.25) is 0 Å². The molecule has 0 N–H and O–H groups in total. The van der Waals surface area contributed by atoms with Crippen molar-refractivity contribution in [3.63, 3.8) is 0 Å². The lowest BCUT2D eigenvalue weighted by Gasteiger charge is -2.59. The van der Waals surface area contributed by atoms with Crippen LogP contribution in [0.25, 0.3) is 0 Å². The third-order valence-corrected chi connectivity index (χ3v) is 4.72. The first kappa shape index (κ1) is 7.64. The van der Waals surface area contributed by atoms with Gasteiger partial charge in [0.2, 0.25) is 0 Å². The maximum atomic E-state index is 2.53. The van der Waals surface area contributed by atoms with E-state index in [9.17, 15) is 0 Å². The van der Waals surface area contributed by atoms with Crippen LogP contribution in [-0.4, -0.2) is 0 Å². The molecular formula is C11H20. The maximum absolute atomic E-state index is 2.53. The summed E-state index contributed by atoms with van der Waals surface area (Å²) in [7, 11) is 0. The van der Waals surface area contributed by atoms with Gasteiger partial charge in [0.15, 0.2) is 0 Å². The fourth-order valence-corrected chi connectivity index (χ4v) is 3.22. The highest BCUT2D eigenvalue weighted by Gasteiger charge is 2.52. The molecular weight excluding hydrogens is 132 g/mol. The van der Waals surface area contributed by atoms with Crippen LogP contribution in [0.3, 0.4) is 0 Å². The van der Waals surface area contributed by atoms with Crippen LogP contribution in [0.1, 0.15) is 58.8 Å². The van der Waals surface area contributed by atoms with Crippen molar-refractivity contribution in [3.8, 4) is 0 Å². The van der Waals surface area contributed by atoms with Gasteiger partial charge in [-0.1, -0.05) is 26.7 Å². The molecule has 0 atom stereocenters. The van der Waals surface area contributed by atoms with E-state index in [-0.39, 0.29) is 0 Å². The molecule has 2 aliphatic carbocycles.